The van der Waals surface area contributed by atoms with Crippen LogP contribution in [0.4, 0.5) is 26.3 Å². The van der Waals surface area contributed by atoms with E-state index in [4.69, 9.17) is 0 Å². The fraction of sp³-hybridized carbons (Fsp3) is 0.111. The third-order valence-electron chi connectivity index (χ3n) is 8.06. The van der Waals surface area contributed by atoms with Crippen molar-refractivity contribution < 1.29 is 26.3 Å². The highest BCUT2D eigenvalue weighted by Gasteiger charge is 2.34. The predicted molar refractivity (Wildman–Crippen MR) is 152 cm³/mol. The Labute approximate surface area is 237 Å². The normalized spacial score (nSPS) is 13.6. The molecule has 208 valence electrons. The van der Waals surface area contributed by atoms with Crippen LogP contribution in [0.25, 0.3) is 33.4 Å². The van der Waals surface area contributed by atoms with Gasteiger partial charge in [0.05, 0.1) is 11.1 Å². The minimum Gasteiger partial charge on any atom is -0.166 e. The SMILES string of the molecule is Cc1cc(C2=c3cc4c(cc3-c3ccccc32)=C(c2cc(C)cc(C(F)(F)F)c2)c2ccccc2-4)cc(C(F)(F)F)c1. The number of hydrogen-bond acceptors (Lipinski definition) is 0. The second-order valence-electron chi connectivity index (χ2n) is 11.0. The molecule has 0 radical (unpaired) electrons. The maximum absolute atomic E-state index is 13.8. The Morgan fingerprint density at radius 3 is 1.12 bits per heavy atom. The van der Waals surface area contributed by atoms with E-state index in [0.717, 1.165) is 56.0 Å². The van der Waals surface area contributed by atoms with Crippen LogP contribution in [0.1, 0.15) is 44.5 Å². The van der Waals surface area contributed by atoms with Gasteiger partial charge >= 0.3 is 12.4 Å². The third-order valence-corrected chi connectivity index (χ3v) is 8.06. The van der Waals surface area contributed by atoms with Gasteiger partial charge in [0, 0.05) is 0 Å². The lowest BCUT2D eigenvalue weighted by molar-refractivity contribution is -0.138. The van der Waals surface area contributed by atoms with Crippen molar-refractivity contribution in [2.75, 3.05) is 0 Å². The monoisotopic (exact) mass is 568 g/mol. The van der Waals surface area contributed by atoms with Gasteiger partial charge < -0.3 is 0 Å². The van der Waals surface area contributed by atoms with Gasteiger partial charge in [-0.3, -0.25) is 0 Å². The Hall–Kier alpha value is -4.58. The van der Waals surface area contributed by atoms with Crippen LogP contribution in [0, 0.1) is 13.8 Å². The van der Waals surface area contributed by atoms with E-state index in [1.165, 1.54) is 12.1 Å². The van der Waals surface area contributed by atoms with Crippen LogP contribution in [0.2, 0.25) is 0 Å². The van der Waals surface area contributed by atoms with Crippen molar-refractivity contribution in [1.82, 2.24) is 0 Å². The maximum Gasteiger partial charge on any atom is 0.416 e. The molecular weight excluding hydrogens is 546 g/mol. The highest BCUT2D eigenvalue weighted by Crippen LogP contribution is 2.42. The predicted octanol–water partition coefficient (Wildman–Crippen LogP) is 8.80. The third kappa shape index (κ3) is 4.08. The fourth-order valence-electron chi connectivity index (χ4n) is 6.43. The molecule has 0 amide bonds. The van der Waals surface area contributed by atoms with E-state index in [9.17, 15) is 26.3 Å². The summed E-state index contributed by atoms with van der Waals surface area (Å²) in [5, 5.41) is 1.59. The lowest BCUT2D eigenvalue weighted by Gasteiger charge is -2.13. The second-order valence-corrected chi connectivity index (χ2v) is 11.0. The van der Waals surface area contributed by atoms with E-state index >= 15 is 0 Å². The summed E-state index contributed by atoms with van der Waals surface area (Å²) in [6.45, 7) is 3.30. The summed E-state index contributed by atoms with van der Waals surface area (Å²) in [5.74, 6) is 0. The summed E-state index contributed by atoms with van der Waals surface area (Å²) in [6, 6.07) is 27.3. The van der Waals surface area contributed by atoms with E-state index in [2.05, 4.69) is 0 Å². The molecule has 2 aliphatic rings. The molecule has 0 N–H and O–H groups in total. The first kappa shape index (κ1) is 26.3. The van der Waals surface area contributed by atoms with Crippen LogP contribution in [0.15, 0.2) is 97.1 Å². The van der Waals surface area contributed by atoms with Gasteiger partial charge in [0.1, 0.15) is 0 Å². The molecule has 0 nitrogen and oxygen atoms in total. The largest absolute Gasteiger partial charge is 0.416 e. The summed E-state index contributed by atoms with van der Waals surface area (Å²) in [4.78, 5) is 0. The summed E-state index contributed by atoms with van der Waals surface area (Å²) < 4.78 is 82.9. The van der Waals surface area contributed by atoms with Gasteiger partial charge in [-0.25, -0.2) is 0 Å². The highest BCUT2D eigenvalue weighted by atomic mass is 19.4. The number of benzene rings is 5. The standard InChI is InChI=1S/C36H22F6/c1-19-11-21(15-23(13-19)35(37,38)39)33-27-9-5-3-7-25(27)29-18-32-30(17-31(29)33)26-8-4-6-10-28(26)34(32)22-12-20(2)14-24(16-22)36(40,41)42/h3-18H,1-2H3. The molecule has 5 aromatic carbocycles. The number of fused-ring (bicyclic) bond motifs is 6. The number of halogens is 6. The average Bonchev–Trinajstić information content (AvgIpc) is 3.42. The van der Waals surface area contributed by atoms with Gasteiger partial charge in [-0.2, -0.15) is 26.3 Å². The number of aryl methyl sites for hydroxylation is 2. The molecule has 7 rings (SSSR count). The molecule has 0 fully saturated rings. The lowest BCUT2D eigenvalue weighted by atomic mass is 9.94. The van der Waals surface area contributed by atoms with Crippen molar-refractivity contribution in [3.8, 4) is 22.3 Å². The molecule has 0 heterocycles. The highest BCUT2D eigenvalue weighted by molar-refractivity contribution is 6.01. The van der Waals surface area contributed by atoms with Gasteiger partial charge in [-0.1, -0.05) is 60.7 Å². The van der Waals surface area contributed by atoms with E-state index in [0.29, 0.717) is 33.4 Å². The van der Waals surface area contributed by atoms with Crippen LogP contribution in [-0.2, 0) is 12.4 Å². The quantitative estimate of drug-likeness (QED) is 0.183. The Balaban J connectivity index is 1.60. The molecule has 0 saturated carbocycles. The van der Waals surface area contributed by atoms with Crippen LogP contribution in [0.5, 0.6) is 0 Å². The van der Waals surface area contributed by atoms with E-state index < -0.39 is 23.5 Å². The minimum absolute atomic E-state index is 0.470. The molecule has 0 aromatic heterocycles. The first-order valence-corrected chi connectivity index (χ1v) is 13.4. The van der Waals surface area contributed by atoms with E-state index in [1.54, 1.807) is 26.0 Å². The topological polar surface area (TPSA) is 0 Å². The zero-order valence-electron chi connectivity index (χ0n) is 22.5. The first-order valence-electron chi connectivity index (χ1n) is 13.4. The van der Waals surface area contributed by atoms with Crippen molar-refractivity contribution in [1.29, 1.82) is 0 Å². The summed E-state index contributed by atoms with van der Waals surface area (Å²) in [7, 11) is 0. The maximum atomic E-state index is 13.8. The van der Waals surface area contributed by atoms with Gasteiger partial charge in [0.2, 0.25) is 0 Å². The van der Waals surface area contributed by atoms with Crippen LogP contribution >= 0.6 is 0 Å². The lowest BCUT2D eigenvalue weighted by Crippen LogP contribution is -2.15. The van der Waals surface area contributed by atoms with Crippen molar-refractivity contribution >= 4 is 11.1 Å². The van der Waals surface area contributed by atoms with Gasteiger partial charge in [-0.05, 0) is 127 Å². The molecule has 0 aliphatic heterocycles. The van der Waals surface area contributed by atoms with E-state index in [-0.39, 0.29) is 0 Å². The molecule has 42 heavy (non-hydrogen) atoms. The van der Waals surface area contributed by atoms with Crippen LogP contribution in [-0.4, -0.2) is 0 Å². The van der Waals surface area contributed by atoms with Gasteiger partial charge in [-0.15, -0.1) is 0 Å². The average molecular weight is 569 g/mol. The van der Waals surface area contributed by atoms with Gasteiger partial charge in [0.15, 0.2) is 0 Å². The van der Waals surface area contributed by atoms with Crippen LogP contribution in [0.3, 0.4) is 0 Å². The zero-order chi connectivity index (χ0) is 29.6. The zero-order valence-corrected chi connectivity index (χ0v) is 22.5. The number of rotatable bonds is 2. The summed E-state index contributed by atoms with van der Waals surface area (Å²) in [6.07, 6.45) is -8.99. The first-order chi connectivity index (χ1) is 19.9. The Kier molecular flexibility index (Phi) is 5.62. The molecule has 0 spiro atoms. The van der Waals surface area contributed by atoms with Crippen molar-refractivity contribution in [2.24, 2.45) is 0 Å². The van der Waals surface area contributed by atoms with Crippen molar-refractivity contribution in [3.05, 3.63) is 152 Å². The van der Waals surface area contributed by atoms with Crippen molar-refractivity contribution in [2.45, 2.75) is 26.2 Å². The Morgan fingerprint density at radius 2 is 0.762 bits per heavy atom. The molecule has 0 atom stereocenters. The number of alkyl halides is 6. The second kappa shape index (κ2) is 8.96. The minimum atomic E-state index is -4.49. The summed E-state index contributed by atoms with van der Waals surface area (Å²) in [5.41, 5.74) is 6.99. The van der Waals surface area contributed by atoms with E-state index in [1.807, 2.05) is 60.7 Å². The molecule has 6 heteroatoms. The molecule has 5 aromatic rings. The fourth-order valence-corrected chi connectivity index (χ4v) is 6.43. The number of hydrogen-bond donors (Lipinski definition) is 0. The molecule has 0 unspecified atom stereocenters. The molecule has 0 bridgehead atoms. The van der Waals surface area contributed by atoms with Crippen LogP contribution < -0.4 is 10.4 Å². The molecule has 2 aliphatic carbocycles. The summed E-state index contributed by atoms with van der Waals surface area (Å²) >= 11 is 0. The Morgan fingerprint density at radius 1 is 0.405 bits per heavy atom. The molecule has 0 saturated heterocycles. The Bertz CT molecular complexity index is 1930. The van der Waals surface area contributed by atoms with Crippen molar-refractivity contribution in [3.63, 3.8) is 0 Å². The smallest absolute Gasteiger partial charge is 0.166 e. The van der Waals surface area contributed by atoms with Gasteiger partial charge in [0.25, 0.3) is 0 Å². The molecular formula is C36H22F6.